The number of nitrogens with one attached hydrogen (secondary N) is 2. The number of nitrogens with two attached hydrogens (primary N) is 1. The third-order valence-corrected chi connectivity index (χ3v) is 4.82. The van der Waals surface area contributed by atoms with Crippen molar-refractivity contribution < 1.29 is 14.7 Å². The molecule has 0 bridgehead atoms. The highest BCUT2D eigenvalue weighted by atomic mass is 16.3. The maximum Gasteiger partial charge on any atom is 0.242 e. The van der Waals surface area contributed by atoms with E-state index >= 15 is 0 Å². The Morgan fingerprint density at radius 2 is 2.09 bits per heavy atom. The van der Waals surface area contributed by atoms with Gasteiger partial charge < -0.3 is 15.7 Å². The van der Waals surface area contributed by atoms with Crippen LogP contribution in [0.2, 0.25) is 0 Å². The topological polar surface area (TPSA) is 108 Å². The molecule has 5 N–H and O–H groups in total. The maximum absolute atomic E-state index is 12.4. The Balaban J connectivity index is 1.80. The first-order valence-electron chi connectivity index (χ1n) is 8.09. The van der Waals surface area contributed by atoms with Crippen LogP contribution in [0.25, 0.3) is 0 Å². The van der Waals surface area contributed by atoms with Gasteiger partial charge in [0.15, 0.2) is 0 Å². The summed E-state index contributed by atoms with van der Waals surface area (Å²) in [6, 6.07) is -0.488. The normalized spacial score (nSPS) is 29.7. The lowest BCUT2D eigenvalue weighted by Crippen LogP contribution is -2.68. The van der Waals surface area contributed by atoms with E-state index in [9.17, 15) is 14.7 Å². The lowest BCUT2D eigenvalue weighted by Gasteiger charge is -2.53. The van der Waals surface area contributed by atoms with Crippen LogP contribution in [0.5, 0.6) is 0 Å². The van der Waals surface area contributed by atoms with E-state index in [1.165, 1.54) is 4.90 Å². The molecule has 2 rings (SSSR count). The number of carbonyl (C=O) groups excluding carboxylic acids is 2. The number of nitrogens with zero attached hydrogens (tertiary/aromatic N) is 1. The largest absolute Gasteiger partial charge is 0.394 e. The summed E-state index contributed by atoms with van der Waals surface area (Å²) in [7, 11) is 0. The Labute approximate surface area is 131 Å². The van der Waals surface area contributed by atoms with Crippen LogP contribution < -0.4 is 16.6 Å². The highest BCUT2D eigenvalue weighted by Crippen LogP contribution is 2.45. The molecule has 2 fully saturated rings. The van der Waals surface area contributed by atoms with Crippen LogP contribution in [-0.2, 0) is 9.59 Å². The van der Waals surface area contributed by atoms with E-state index in [0.29, 0.717) is 18.5 Å². The molecule has 1 aliphatic heterocycles. The molecular formula is C15H28N4O3. The second-order valence-electron chi connectivity index (χ2n) is 7.01. The first kappa shape index (κ1) is 17.2. The fourth-order valence-electron chi connectivity index (χ4n) is 3.37. The molecule has 0 unspecified atom stereocenters. The quantitative estimate of drug-likeness (QED) is 0.369. The molecule has 0 aromatic rings. The van der Waals surface area contributed by atoms with Crippen molar-refractivity contribution in [1.82, 2.24) is 15.8 Å². The van der Waals surface area contributed by atoms with Crippen molar-refractivity contribution in [1.29, 1.82) is 0 Å². The zero-order valence-electron chi connectivity index (χ0n) is 13.5. The average Bonchev–Trinajstić information content (AvgIpc) is 2.47. The Kier molecular flexibility index (Phi) is 5.41. The zero-order valence-corrected chi connectivity index (χ0v) is 13.5. The van der Waals surface area contributed by atoms with Gasteiger partial charge in [0.25, 0.3) is 0 Å². The molecule has 7 nitrogen and oxygen atoms in total. The van der Waals surface area contributed by atoms with Gasteiger partial charge in [-0.3, -0.25) is 20.4 Å². The fourth-order valence-corrected chi connectivity index (χ4v) is 3.37. The second-order valence-corrected chi connectivity index (χ2v) is 7.01. The van der Waals surface area contributed by atoms with Gasteiger partial charge in [-0.25, -0.2) is 0 Å². The van der Waals surface area contributed by atoms with Gasteiger partial charge in [-0.2, -0.15) is 0 Å². The van der Waals surface area contributed by atoms with Gasteiger partial charge >= 0.3 is 0 Å². The molecule has 7 heteroatoms. The number of likely N-dealkylation sites (tertiary alicyclic amines) is 1. The van der Waals surface area contributed by atoms with Crippen LogP contribution in [0.15, 0.2) is 0 Å². The van der Waals surface area contributed by atoms with E-state index in [0.717, 1.165) is 32.2 Å². The summed E-state index contributed by atoms with van der Waals surface area (Å²) in [5.74, 6) is -0.0775. The molecule has 1 spiro atoms. The number of aliphatic hydroxyl groups is 1. The molecule has 2 amide bonds. The summed E-state index contributed by atoms with van der Waals surface area (Å²) >= 11 is 0. The Bertz CT molecular complexity index is 419. The molecule has 1 aliphatic carbocycles. The number of hydrogen-bond acceptors (Lipinski definition) is 5. The van der Waals surface area contributed by atoms with Crippen molar-refractivity contribution in [3.8, 4) is 0 Å². The number of rotatable bonds is 7. The van der Waals surface area contributed by atoms with Gasteiger partial charge in [-0.1, -0.05) is 13.8 Å². The monoisotopic (exact) mass is 312 g/mol. The molecule has 22 heavy (non-hydrogen) atoms. The smallest absolute Gasteiger partial charge is 0.242 e. The average molecular weight is 312 g/mol. The highest BCUT2D eigenvalue weighted by Gasteiger charge is 2.55. The van der Waals surface area contributed by atoms with Gasteiger partial charge in [0.1, 0.15) is 6.04 Å². The van der Waals surface area contributed by atoms with Crippen LogP contribution in [0.4, 0.5) is 0 Å². The molecule has 0 aromatic carbocycles. The number of hydrazine groups is 1. The molecule has 1 saturated carbocycles. The first-order chi connectivity index (χ1) is 10.4. The van der Waals surface area contributed by atoms with Crippen molar-refractivity contribution in [3.63, 3.8) is 0 Å². The van der Waals surface area contributed by atoms with Crippen molar-refractivity contribution in [2.75, 3.05) is 19.7 Å². The minimum atomic E-state index is -0.873. The molecule has 2 aliphatic rings. The number of hydrogen-bond donors (Lipinski definition) is 4. The van der Waals surface area contributed by atoms with Crippen molar-refractivity contribution >= 4 is 11.8 Å². The second kappa shape index (κ2) is 6.93. The number of aliphatic hydroxyl groups excluding tert-OH is 1. The summed E-state index contributed by atoms with van der Waals surface area (Å²) in [4.78, 5) is 25.1. The molecule has 0 radical (unpaired) electrons. The zero-order chi connectivity index (χ0) is 16.3. The fraction of sp³-hybridized carbons (Fsp3) is 0.867. The van der Waals surface area contributed by atoms with E-state index < -0.39 is 18.6 Å². The lowest BCUT2D eigenvalue weighted by atomic mass is 9.66. The summed E-state index contributed by atoms with van der Waals surface area (Å²) in [6.07, 6.45) is 3.51. The van der Waals surface area contributed by atoms with Gasteiger partial charge in [0.2, 0.25) is 11.8 Å². The van der Waals surface area contributed by atoms with Gasteiger partial charge in [0, 0.05) is 19.1 Å². The third kappa shape index (κ3) is 3.42. The highest BCUT2D eigenvalue weighted by molar-refractivity contribution is 5.94. The minimum Gasteiger partial charge on any atom is -0.394 e. The minimum absolute atomic E-state index is 0.0288. The standard InChI is InChI=1S/C15H28N4O3/c1-10(2)7-17-18-11-3-5-15(6-4-11)9-19(14(15)22)12(8-20)13(16)21/h10-12,17-18,20H,3-9H2,1-2H3,(H2,16,21)/t11?,12-,15?/m0/s1. The van der Waals surface area contributed by atoms with Crippen molar-refractivity contribution in [2.45, 2.75) is 51.6 Å². The van der Waals surface area contributed by atoms with E-state index in [-0.39, 0.29) is 11.3 Å². The van der Waals surface area contributed by atoms with Crippen LogP contribution in [0, 0.1) is 11.3 Å². The summed E-state index contributed by atoms with van der Waals surface area (Å²) in [5, 5.41) is 9.21. The van der Waals surface area contributed by atoms with E-state index in [4.69, 9.17) is 5.73 Å². The van der Waals surface area contributed by atoms with Gasteiger partial charge in [0.05, 0.1) is 12.0 Å². The molecule has 1 atom stereocenters. The van der Waals surface area contributed by atoms with Crippen LogP contribution in [-0.4, -0.2) is 53.6 Å². The number of amides is 2. The molecule has 126 valence electrons. The Morgan fingerprint density at radius 1 is 1.45 bits per heavy atom. The Morgan fingerprint density at radius 3 is 2.55 bits per heavy atom. The van der Waals surface area contributed by atoms with Crippen LogP contribution in [0.3, 0.4) is 0 Å². The molecule has 0 aromatic heterocycles. The maximum atomic E-state index is 12.4. The molecular weight excluding hydrogens is 284 g/mol. The number of primary amides is 1. The van der Waals surface area contributed by atoms with E-state index in [1.54, 1.807) is 0 Å². The summed E-state index contributed by atoms with van der Waals surface area (Å²) in [6.45, 7) is 5.36. The molecule has 1 saturated heterocycles. The van der Waals surface area contributed by atoms with Crippen molar-refractivity contribution in [2.24, 2.45) is 17.1 Å². The Hall–Kier alpha value is -1.18. The lowest BCUT2D eigenvalue weighted by molar-refractivity contribution is -0.172. The predicted molar refractivity (Wildman–Crippen MR) is 82.4 cm³/mol. The van der Waals surface area contributed by atoms with Gasteiger partial charge in [-0.05, 0) is 31.6 Å². The first-order valence-corrected chi connectivity index (χ1v) is 8.09. The predicted octanol–water partition coefficient (Wildman–Crippen LogP) is -0.646. The van der Waals surface area contributed by atoms with E-state index in [1.807, 2.05) is 0 Å². The van der Waals surface area contributed by atoms with E-state index in [2.05, 4.69) is 24.7 Å². The molecule has 1 heterocycles. The van der Waals surface area contributed by atoms with Crippen LogP contribution >= 0.6 is 0 Å². The van der Waals surface area contributed by atoms with Crippen LogP contribution in [0.1, 0.15) is 39.5 Å². The summed E-state index contributed by atoms with van der Waals surface area (Å²) in [5.41, 5.74) is 11.5. The number of carbonyl (C=O) groups is 2. The van der Waals surface area contributed by atoms with Gasteiger partial charge in [-0.15, -0.1) is 0 Å². The SMILES string of the molecule is CC(C)CNNC1CCC2(CC1)CN([C@@H](CO)C(N)=O)C2=O. The van der Waals surface area contributed by atoms with Crippen molar-refractivity contribution in [3.05, 3.63) is 0 Å². The summed E-state index contributed by atoms with van der Waals surface area (Å²) < 4.78 is 0. The number of β-lactam (4-membered cyclic amide) rings is 1. The third-order valence-electron chi connectivity index (χ3n) is 4.82.